The summed E-state index contributed by atoms with van der Waals surface area (Å²) < 4.78 is 0. The van der Waals surface area contributed by atoms with Crippen LogP contribution >= 0.6 is 11.3 Å². The molecule has 0 saturated carbocycles. The maximum absolute atomic E-state index is 11.6. The van der Waals surface area contributed by atoms with Crippen molar-refractivity contribution >= 4 is 22.9 Å². The SMILES string of the molecule is CC(=O)c1ccc(C(=O)CC(C)C)s1. The Labute approximate surface area is 87.9 Å². The van der Waals surface area contributed by atoms with E-state index in [0.29, 0.717) is 22.1 Å². The van der Waals surface area contributed by atoms with Crippen molar-refractivity contribution in [3.63, 3.8) is 0 Å². The molecule has 1 aromatic rings. The Morgan fingerprint density at radius 3 is 2.29 bits per heavy atom. The fourth-order valence-corrected chi connectivity index (χ4v) is 2.00. The number of hydrogen-bond acceptors (Lipinski definition) is 3. The molecule has 1 heterocycles. The minimum Gasteiger partial charge on any atom is -0.294 e. The largest absolute Gasteiger partial charge is 0.294 e. The van der Waals surface area contributed by atoms with E-state index < -0.39 is 0 Å². The van der Waals surface area contributed by atoms with Crippen molar-refractivity contribution in [2.75, 3.05) is 0 Å². The van der Waals surface area contributed by atoms with Gasteiger partial charge in [-0.15, -0.1) is 11.3 Å². The summed E-state index contributed by atoms with van der Waals surface area (Å²) in [6.07, 6.45) is 0.553. The topological polar surface area (TPSA) is 34.1 Å². The van der Waals surface area contributed by atoms with Gasteiger partial charge in [0.05, 0.1) is 9.75 Å². The summed E-state index contributed by atoms with van der Waals surface area (Å²) in [5.41, 5.74) is 0. The molecule has 0 aliphatic heterocycles. The molecule has 0 N–H and O–H groups in total. The van der Waals surface area contributed by atoms with Crippen molar-refractivity contribution < 1.29 is 9.59 Å². The van der Waals surface area contributed by atoms with Crippen LogP contribution in [0.5, 0.6) is 0 Å². The third-order valence-corrected chi connectivity index (χ3v) is 3.05. The van der Waals surface area contributed by atoms with Crippen molar-refractivity contribution in [1.82, 2.24) is 0 Å². The summed E-state index contributed by atoms with van der Waals surface area (Å²) in [5.74, 6) is 0.529. The molecule has 2 nitrogen and oxygen atoms in total. The molecular formula is C11H14O2S. The van der Waals surface area contributed by atoms with Crippen molar-refractivity contribution in [3.05, 3.63) is 21.9 Å². The number of carbonyl (C=O) groups is 2. The van der Waals surface area contributed by atoms with E-state index in [0.717, 1.165) is 0 Å². The number of thiophene rings is 1. The fourth-order valence-electron chi connectivity index (χ4n) is 1.15. The zero-order chi connectivity index (χ0) is 10.7. The standard InChI is InChI=1S/C11H14O2S/c1-7(2)6-9(13)11-5-4-10(14-11)8(3)12/h4-5,7H,6H2,1-3H3. The quantitative estimate of drug-likeness (QED) is 0.715. The van der Waals surface area contributed by atoms with Crippen molar-refractivity contribution in [1.29, 1.82) is 0 Å². The summed E-state index contributed by atoms with van der Waals surface area (Å²) in [6, 6.07) is 3.46. The monoisotopic (exact) mass is 210 g/mol. The first-order valence-electron chi connectivity index (χ1n) is 4.64. The molecule has 14 heavy (non-hydrogen) atoms. The molecule has 0 amide bonds. The number of Topliss-reactive ketones (excluding diaryl/α,β-unsaturated/α-hetero) is 2. The van der Waals surface area contributed by atoms with Gasteiger partial charge in [0.15, 0.2) is 11.6 Å². The van der Waals surface area contributed by atoms with Gasteiger partial charge in [-0.2, -0.15) is 0 Å². The van der Waals surface area contributed by atoms with Gasteiger partial charge in [-0.25, -0.2) is 0 Å². The van der Waals surface area contributed by atoms with Crippen LogP contribution < -0.4 is 0 Å². The fraction of sp³-hybridized carbons (Fsp3) is 0.455. The lowest BCUT2D eigenvalue weighted by Crippen LogP contribution is -2.00. The predicted molar refractivity (Wildman–Crippen MR) is 58.1 cm³/mol. The van der Waals surface area contributed by atoms with Gasteiger partial charge < -0.3 is 0 Å². The van der Waals surface area contributed by atoms with Crippen molar-refractivity contribution in [2.24, 2.45) is 5.92 Å². The minimum absolute atomic E-state index is 0.0265. The minimum atomic E-state index is 0.0265. The zero-order valence-electron chi connectivity index (χ0n) is 8.66. The van der Waals surface area contributed by atoms with Crippen LogP contribution in [0.1, 0.15) is 46.5 Å². The van der Waals surface area contributed by atoms with Gasteiger partial charge in [0, 0.05) is 6.42 Å². The maximum Gasteiger partial charge on any atom is 0.173 e. The normalized spacial score (nSPS) is 10.6. The lowest BCUT2D eigenvalue weighted by atomic mass is 10.1. The van der Waals surface area contributed by atoms with Crippen LogP contribution in [0.3, 0.4) is 0 Å². The van der Waals surface area contributed by atoms with E-state index in [1.54, 1.807) is 12.1 Å². The molecule has 1 rings (SSSR count). The number of carbonyl (C=O) groups excluding carboxylic acids is 2. The molecule has 0 bridgehead atoms. The highest BCUT2D eigenvalue weighted by Crippen LogP contribution is 2.20. The van der Waals surface area contributed by atoms with Gasteiger partial charge in [0.25, 0.3) is 0 Å². The van der Waals surface area contributed by atoms with Crippen LogP contribution in [0, 0.1) is 5.92 Å². The summed E-state index contributed by atoms with van der Waals surface area (Å²) in [7, 11) is 0. The van der Waals surface area contributed by atoms with Gasteiger partial charge in [-0.05, 0) is 25.0 Å². The molecular weight excluding hydrogens is 196 g/mol. The van der Waals surface area contributed by atoms with Crippen molar-refractivity contribution in [3.8, 4) is 0 Å². The maximum atomic E-state index is 11.6. The molecule has 0 aromatic carbocycles. The van der Waals surface area contributed by atoms with Crippen LogP contribution in [0.15, 0.2) is 12.1 Å². The second kappa shape index (κ2) is 4.51. The second-order valence-electron chi connectivity index (χ2n) is 3.74. The van der Waals surface area contributed by atoms with Crippen molar-refractivity contribution in [2.45, 2.75) is 27.2 Å². The van der Waals surface area contributed by atoms with E-state index in [-0.39, 0.29) is 11.6 Å². The molecule has 0 radical (unpaired) electrons. The lowest BCUT2D eigenvalue weighted by molar-refractivity contribution is 0.0970. The molecule has 3 heteroatoms. The van der Waals surface area contributed by atoms with E-state index in [2.05, 4.69) is 0 Å². The first-order chi connectivity index (χ1) is 6.50. The number of rotatable bonds is 4. The van der Waals surface area contributed by atoms with Crippen LogP contribution in [-0.2, 0) is 0 Å². The molecule has 0 atom stereocenters. The Morgan fingerprint density at radius 2 is 1.86 bits per heavy atom. The van der Waals surface area contributed by atoms with Gasteiger partial charge in [0.2, 0.25) is 0 Å². The molecule has 0 aliphatic rings. The van der Waals surface area contributed by atoms with Crippen LogP contribution in [0.25, 0.3) is 0 Å². The Bertz CT molecular complexity index is 350. The molecule has 1 aromatic heterocycles. The van der Waals surface area contributed by atoms with Gasteiger partial charge in [0.1, 0.15) is 0 Å². The highest BCUT2D eigenvalue weighted by Gasteiger charge is 2.12. The van der Waals surface area contributed by atoms with Gasteiger partial charge in [-0.1, -0.05) is 13.8 Å². The lowest BCUT2D eigenvalue weighted by Gasteiger charge is -2.00. The molecule has 0 aliphatic carbocycles. The smallest absolute Gasteiger partial charge is 0.173 e. The van der Waals surface area contributed by atoms with E-state index in [1.165, 1.54) is 18.3 Å². The number of hydrogen-bond donors (Lipinski definition) is 0. The highest BCUT2D eigenvalue weighted by atomic mass is 32.1. The van der Waals surface area contributed by atoms with E-state index >= 15 is 0 Å². The Hall–Kier alpha value is -0.960. The van der Waals surface area contributed by atoms with E-state index in [1.807, 2.05) is 13.8 Å². The predicted octanol–water partition coefficient (Wildman–Crippen LogP) is 3.18. The molecule has 76 valence electrons. The Kier molecular flexibility index (Phi) is 3.58. The van der Waals surface area contributed by atoms with Gasteiger partial charge >= 0.3 is 0 Å². The van der Waals surface area contributed by atoms with Crippen LogP contribution in [0.2, 0.25) is 0 Å². The Morgan fingerprint density at radius 1 is 1.29 bits per heavy atom. The molecule has 0 unspecified atom stereocenters. The average molecular weight is 210 g/mol. The van der Waals surface area contributed by atoms with Crippen LogP contribution in [0.4, 0.5) is 0 Å². The summed E-state index contributed by atoms with van der Waals surface area (Å²) in [6.45, 7) is 5.54. The van der Waals surface area contributed by atoms with E-state index in [4.69, 9.17) is 0 Å². The summed E-state index contributed by atoms with van der Waals surface area (Å²) >= 11 is 1.29. The first kappa shape index (κ1) is 11.1. The summed E-state index contributed by atoms with van der Waals surface area (Å²) in [4.78, 5) is 24.0. The second-order valence-corrected chi connectivity index (χ2v) is 4.83. The van der Waals surface area contributed by atoms with Gasteiger partial charge in [-0.3, -0.25) is 9.59 Å². The zero-order valence-corrected chi connectivity index (χ0v) is 9.48. The molecule has 0 fully saturated rings. The molecule has 0 spiro atoms. The summed E-state index contributed by atoms with van der Waals surface area (Å²) in [5, 5.41) is 0. The average Bonchev–Trinajstić information content (AvgIpc) is 2.50. The highest BCUT2D eigenvalue weighted by molar-refractivity contribution is 7.16. The molecule has 0 saturated heterocycles. The Balaban J connectivity index is 2.76. The third-order valence-electron chi connectivity index (χ3n) is 1.82. The number of ketones is 2. The first-order valence-corrected chi connectivity index (χ1v) is 5.46. The third kappa shape index (κ3) is 2.77. The van der Waals surface area contributed by atoms with Crippen LogP contribution in [-0.4, -0.2) is 11.6 Å². The van der Waals surface area contributed by atoms with E-state index in [9.17, 15) is 9.59 Å².